The second-order valence-corrected chi connectivity index (χ2v) is 8.45. The number of methoxy groups -OCH3 is 1. The first-order valence-electron chi connectivity index (χ1n) is 11.2. The molecular weight excluding hydrogens is 458 g/mol. The fourth-order valence-electron chi connectivity index (χ4n) is 4.28. The highest BCUT2D eigenvalue weighted by atomic mass is 19.1. The van der Waals surface area contributed by atoms with Crippen LogP contribution in [-0.4, -0.2) is 28.6 Å². The summed E-state index contributed by atoms with van der Waals surface area (Å²) in [5.41, 5.74) is 2.27. The number of ether oxygens (including phenoxy) is 2. The molecule has 0 atom stereocenters. The van der Waals surface area contributed by atoms with E-state index in [2.05, 4.69) is 9.55 Å². The number of halogens is 2. The number of oxazole rings is 1. The predicted octanol–water partition coefficient (Wildman–Crippen LogP) is 5.54. The van der Waals surface area contributed by atoms with Gasteiger partial charge in [0.2, 0.25) is 0 Å². The van der Waals surface area contributed by atoms with Gasteiger partial charge in [-0.25, -0.2) is 18.6 Å². The van der Waals surface area contributed by atoms with Crippen LogP contribution in [-0.2, 0) is 16.0 Å². The highest BCUT2D eigenvalue weighted by molar-refractivity contribution is 6.06. The Morgan fingerprint density at radius 1 is 1.17 bits per heavy atom. The molecule has 2 heterocycles. The lowest BCUT2D eigenvalue weighted by molar-refractivity contribution is -0.134. The summed E-state index contributed by atoms with van der Waals surface area (Å²) in [6, 6.07) is 8.72. The number of hydrogen-bond donors (Lipinski definition) is 0. The van der Waals surface area contributed by atoms with Crippen molar-refractivity contribution in [2.45, 2.75) is 38.6 Å². The predicted molar refractivity (Wildman–Crippen MR) is 122 cm³/mol. The Kier molecular flexibility index (Phi) is 5.84. The van der Waals surface area contributed by atoms with E-state index < -0.39 is 23.6 Å². The van der Waals surface area contributed by atoms with Crippen molar-refractivity contribution in [2.24, 2.45) is 0 Å². The maximum Gasteiger partial charge on any atom is 0.340 e. The third-order valence-corrected chi connectivity index (χ3v) is 6.05. The van der Waals surface area contributed by atoms with E-state index in [4.69, 9.17) is 13.9 Å². The standard InChI is InChI=1S/C26H22F2N2O5/c1-14-25(26(32)33-2)19-12-17(6-8-21(19)30(14)16-4-5-16)34-24(31)10-9-23-29-13-22(35-23)18-7-3-15(27)11-20(18)28/h3,6-8,11-13,16H,4-5,9-10H2,1-2H3. The van der Waals surface area contributed by atoms with Crippen LogP contribution in [0.5, 0.6) is 5.75 Å². The summed E-state index contributed by atoms with van der Waals surface area (Å²) in [6.45, 7) is 1.89. The quantitative estimate of drug-likeness (QED) is 0.255. The van der Waals surface area contributed by atoms with E-state index in [1.165, 1.54) is 19.4 Å². The Balaban J connectivity index is 1.30. The molecule has 0 radical (unpaired) electrons. The molecule has 0 unspecified atom stereocenters. The third kappa shape index (κ3) is 4.41. The van der Waals surface area contributed by atoms with Crippen molar-refractivity contribution in [3.63, 3.8) is 0 Å². The monoisotopic (exact) mass is 480 g/mol. The number of carbonyl (C=O) groups is 2. The van der Waals surface area contributed by atoms with Crippen molar-refractivity contribution in [2.75, 3.05) is 7.11 Å². The Hall–Kier alpha value is -4.01. The van der Waals surface area contributed by atoms with Gasteiger partial charge in [-0.3, -0.25) is 4.79 Å². The molecule has 9 heteroatoms. The van der Waals surface area contributed by atoms with E-state index in [-0.39, 0.29) is 30.1 Å². The van der Waals surface area contributed by atoms with Crippen molar-refractivity contribution in [3.05, 3.63) is 71.4 Å². The van der Waals surface area contributed by atoms with Gasteiger partial charge in [-0.2, -0.15) is 0 Å². The minimum atomic E-state index is -0.764. The van der Waals surface area contributed by atoms with Crippen LogP contribution in [0.15, 0.2) is 47.0 Å². The first-order valence-corrected chi connectivity index (χ1v) is 11.2. The van der Waals surface area contributed by atoms with Gasteiger partial charge in [0.25, 0.3) is 0 Å². The van der Waals surface area contributed by atoms with E-state index in [1.807, 2.05) is 13.0 Å². The smallest absolute Gasteiger partial charge is 0.340 e. The summed E-state index contributed by atoms with van der Waals surface area (Å²) in [4.78, 5) is 29.0. The molecule has 7 nitrogen and oxygen atoms in total. The third-order valence-electron chi connectivity index (χ3n) is 6.05. The van der Waals surface area contributed by atoms with Crippen molar-refractivity contribution in [3.8, 4) is 17.1 Å². The number of nitrogens with zero attached hydrogens (tertiary/aromatic N) is 2. The summed E-state index contributed by atoms with van der Waals surface area (Å²) in [6.07, 6.45) is 3.53. The zero-order chi connectivity index (χ0) is 24.7. The summed E-state index contributed by atoms with van der Waals surface area (Å²) >= 11 is 0. The summed E-state index contributed by atoms with van der Waals surface area (Å²) in [5, 5.41) is 0.671. The zero-order valence-electron chi connectivity index (χ0n) is 19.1. The van der Waals surface area contributed by atoms with Gasteiger partial charge >= 0.3 is 11.9 Å². The number of carbonyl (C=O) groups excluding carboxylic acids is 2. The van der Waals surface area contributed by atoms with Gasteiger partial charge in [-0.05, 0) is 50.1 Å². The summed E-state index contributed by atoms with van der Waals surface area (Å²) in [7, 11) is 1.34. The van der Waals surface area contributed by atoms with E-state index in [0.29, 0.717) is 22.7 Å². The van der Waals surface area contributed by atoms with Crippen molar-refractivity contribution in [1.29, 1.82) is 0 Å². The van der Waals surface area contributed by atoms with E-state index in [9.17, 15) is 18.4 Å². The maximum absolute atomic E-state index is 14.0. The Labute approximate surface area is 199 Å². The fourth-order valence-corrected chi connectivity index (χ4v) is 4.28. The number of benzene rings is 2. The van der Waals surface area contributed by atoms with Gasteiger partial charge in [0.1, 0.15) is 17.4 Å². The van der Waals surface area contributed by atoms with Gasteiger partial charge in [-0.1, -0.05) is 0 Å². The molecule has 35 heavy (non-hydrogen) atoms. The molecule has 0 spiro atoms. The average molecular weight is 480 g/mol. The molecule has 2 aromatic heterocycles. The Morgan fingerprint density at radius 2 is 1.97 bits per heavy atom. The molecule has 4 aromatic rings. The number of hydrogen-bond acceptors (Lipinski definition) is 6. The molecule has 180 valence electrons. The van der Waals surface area contributed by atoms with Crippen LogP contribution in [0.2, 0.25) is 0 Å². The van der Waals surface area contributed by atoms with Crippen LogP contribution < -0.4 is 4.74 Å². The van der Waals surface area contributed by atoms with Crippen LogP contribution in [0.25, 0.3) is 22.2 Å². The molecule has 1 aliphatic carbocycles. The highest BCUT2D eigenvalue weighted by Gasteiger charge is 2.30. The average Bonchev–Trinajstić information content (AvgIpc) is 3.47. The molecular formula is C26H22F2N2O5. The first-order chi connectivity index (χ1) is 16.9. The minimum absolute atomic E-state index is 0.0319. The van der Waals surface area contributed by atoms with Crippen molar-refractivity contribution in [1.82, 2.24) is 9.55 Å². The molecule has 0 N–H and O–H groups in total. The van der Waals surface area contributed by atoms with E-state index >= 15 is 0 Å². The molecule has 0 amide bonds. The lowest BCUT2D eigenvalue weighted by Crippen LogP contribution is -2.09. The number of esters is 2. The van der Waals surface area contributed by atoms with Crippen LogP contribution in [0.1, 0.15) is 47.2 Å². The summed E-state index contributed by atoms with van der Waals surface area (Å²) < 4.78 is 45.2. The highest BCUT2D eigenvalue weighted by Crippen LogP contribution is 2.42. The Morgan fingerprint density at radius 3 is 2.69 bits per heavy atom. The number of aryl methyl sites for hydroxylation is 1. The number of fused-ring (bicyclic) bond motifs is 1. The first kappa shape index (κ1) is 22.8. The molecule has 1 saturated carbocycles. The normalized spacial score (nSPS) is 13.3. The SMILES string of the molecule is COC(=O)c1c(C)n(C2CC2)c2ccc(OC(=O)CCc3ncc(-c4ccc(F)cc4F)o3)cc12. The molecule has 5 rings (SSSR count). The number of aromatic nitrogens is 2. The van der Waals surface area contributed by atoms with Gasteiger partial charge in [0.15, 0.2) is 11.7 Å². The van der Waals surface area contributed by atoms with E-state index in [0.717, 1.165) is 36.2 Å². The zero-order valence-corrected chi connectivity index (χ0v) is 19.1. The molecule has 0 bridgehead atoms. The largest absolute Gasteiger partial charge is 0.465 e. The lowest BCUT2D eigenvalue weighted by atomic mass is 10.1. The molecule has 1 aliphatic rings. The molecule has 2 aromatic carbocycles. The molecule has 1 fully saturated rings. The van der Waals surface area contributed by atoms with Gasteiger partial charge in [0, 0.05) is 35.1 Å². The fraction of sp³-hybridized carbons (Fsp3) is 0.269. The van der Waals surface area contributed by atoms with Crippen LogP contribution in [0, 0.1) is 18.6 Å². The number of rotatable bonds is 7. The molecule has 0 aliphatic heterocycles. The topological polar surface area (TPSA) is 83.6 Å². The van der Waals surface area contributed by atoms with Crippen LogP contribution in [0.3, 0.4) is 0 Å². The van der Waals surface area contributed by atoms with Crippen LogP contribution in [0.4, 0.5) is 8.78 Å². The minimum Gasteiger partial charge on any atom is -0.465 e. The summed E-state index contributed by atoms with van der Waals surface area (Å²) in [5.74, 6) is -1.74. The van der Waals surface area contributed by atoms with Gasteiger partial charge < -0.3 is 18.5 Å². The second-order valence-electron chi connectivity index (χ2n) is 8.45. The van der Waals surface area contributed by atoms with E-state index in [1.54, 1.807) is 12.1 Å². The van der Waals surface area contributed by atoms with Crippen molar-refractivity contribution >= 4 is 22.8 Å². The van der Waals surface area contributed by atoms with Gasteiger partial charge in [-0.15, -0.1) is 0 Å². The Bertz CT molecular complexity index is 1450. The van der Waals surface area contributed by atoms with Gasteiger partial charge in [0.05, 0.1) is 30.9 Å². The second kappa shape index (κ2) is 8.98. The molecule has 0 saturated heterocycles. The lowest BCUT2D eigenvalue weighted by Gasteiger charge is -2.07. The van der Waals surface area contributed by atoms with Crippen molar-refractivity contribution < 1.29 is 32.3 Å². The van der Waals surface area contributed by atoms with Crippen LogP contribution >= 0.6 is 0 Å². The maximum atomic E-state index is 14.0.